The minimum Gasteiger partial charge on any atom is -0.396 e. The molecule has 2 N–H and O–H groups in total. The average molecular weight is 254 g/mol. The zero-order chi connectivity index (χ0) is 13.6. The van der Waals surface area contributed by atoms with Crippen LogP contribution < -0.4 is 0 Å². The van der Waals surface area contributed by atoms with E-state index in [0.717, 1.165) is 19.3 Å². The van der Waals surface area contributed by atoms with Gasteiger partial charge in [0.2, 0.25) is 0 Å². The highest BCUT2D eigenvalue weighted by Gasteiger charge is 2.57. The average Bonchev–Trinajstić information content (AvgIpc) is 2.22. The fourth-order valence-electron chi connectivity index (χ4n) is 5.39. The van der Waals surface area contributed by atoms with E-state index in [1.54, 1.807) is 0 Å². The molecule has 2 aliphatic carbocycles. The van der Waals surface area contributed by atoms with Crippen molar-refractivity contribution in [3.8, 4) is 0 Å². The van der Waals surface area contributed by atoms with Gasteiger partial charge in [0, 0.05) is 6.61 Å². The molecule has 2 saturated carbocycles. The fraction of sp³-hybridized carbons (Fsp3) is 1.00. The van der Waals surface area contributed by atoms with Crippen LogP contribution in [-0.4, -0.2) is 22.4 Å². The first-order chi connectivity index (χ1) is 8.24. The molecule has 106 valence electrons. The van der Waals surface area contributed by atoms with Crippen molar-refractivity contribution in [2.45, 2.75) is 71.8 Å². The van der Waals surface area contributed by atoms with E-state index in [4.69, 9.17) is 0 Å². The second kappa shape index (κ2) is 4.49. The van der Waals surface area contributed by atoms with Gasteiger partial charge in [-0.05, 0) is 61.7 Å². The molecule has 0 aromatic carbocycles. The molecule has 0 aliphatic heterocycles. The predicted octanol–water partition coefficient (Wildman–Crippen LogP) is 3.36. The first kappa shape index (κ1) is 14.3. The summed E-state index contributed by atoms with van der Waals surface area (Å²) >= 11 is 0. The van der Waals surface area contributed by atoms with Gasteiger partial charge in [-0.15, -0.1) is 0 Å². The Hall–Kier alpha value is -0.0800. The van der Waals surface area contributed by atoms with Crippen molar-refractivity contribution in [3.05, 3.63) is 0 Å². The maximum absolute atomic E-state index is 10.7. The topological polar surface area (TPSA) is 40.5 Å². The molecule has 2 fully saturated rings. The zero-order valence-electron chi connectivity index (χ0n) is 12.5. The molecule has 0 spiro atoms. The smallest absolute Gasteiger partial charge is 0.0654 e. The molecular weight excluding hydrogens is 224 g/mol. The third-order valence-electron chi connectivity index (χ3n) is 6.18. The van der Waals surface area contributed by atoms with Crippen LogP contribution in [0.25, 0.3) is 0 Å². The summed E-state index contributed by atoms with van der Waals surface area (Å²) in [5, 5.41) is 20.1. The highest BCUT2D eigenvalue weighted by Crippen LogP contribution is 2.62. The van der Waals surface area contributed by atoms with Crippen LogP contribution in [0.15, 0.2) is 0 Å². The van der Waals surface area contributed by atoms with Gasteiger partial charge in [-0.3, -0.25) is 0 Å². The van der Waals surface area contributed by atoms with Gasteiger partial charge in [-0.2, -0.15) is 0 Å². The Morgan fingerprint density at radius 3 is 2.33 bits per heavy atom. The van der Waals surface area contributed by atoms with Crippen molar-refractivity contribution >= 4 is 0 Å². The van der Waals surface area contributed by atoms with Gasteiger partial charge in [-0.1, -0.05) is 27.2 Å². The maximum atomic E-state index is 10.7. The minimum absolute atomic E-state index is 0.198. The highest BCUT2D eigenvalue weighted by atomic mass is 16.3. The third kappa shape index (κ3) is 2.12. The zero-order valence-corrected chi connectivity index (χ0v) is 12.5. The quantitative estimate of drug-likeness (QED) is 0.793. The summed E-state index contributed by atoms with van der Waals surface area (Å²) in [6.07, 6.45) is 6.55. The number of hydrogen-bond donors (Lipinski definition) is 2. The molecule has 4 atom stereocenters. The van der Waals surface area contributed by atoms with Crippen LogP contribution in [0.4, 0.5) is 0 Å². The number of rotatable bonds is 2. The van der Waals surface area contributed by atoms with Gasteiger partial charge >= 0.3 is 0 Å². The van der Waals surface area contributed by atoms with E-state index in [0.29, 0.717) is 11.3 Å². The standard InChI is InChI=1S/C16H30O2/c1-14(2)8-5-9-15(3)12(14)6-10-16(4,18)13(15)7-11-17/h12-13,17-18H,5-11H2,1-4H3/t12-,13+,15+,16+/m1/s1. The Kier molecular flexibility index (Phi) is 3.57. The van der Waals surface area contributed by atoms with Crippen molar-refractivity contribution in [3.63, 3.8) is 0 Å². The maximum Gasteiger partial charge on any atom is 0.0654 e. The van der Waals surface area contributed by atoms with Crippen molar-refractivity contribution in [2.75, 3.05) is 6.61 Å². The Bertz CT molecular complexity index is 308. The second-order valence-electron chi connectivity index (χ2n) is 7.86. The third-order valence-corrected chi connectivity index (χ3v) is 6.18. The van der Waals surface area contributed by atoms with Crippen LogP contribution in [0.5, 0.6) is 0 Å². The summed E-state index contributed by atoms with van der Waals surface area (Å²) in [5.74, 6) is 0.934. The summed E-state index contributed by atoms with van der Waals surface area (Å²) in [4.78, 5) is 0. The summed E-state index contributed by atoms with van der Waals surface area (Å²) in [7, 11) is 0. The molecule has 0 amide bonds. The number of fused-ring (bicyclic) bond motifs is 1. The van der Waals surface area contributed by atoms with Crippen LogP contribution in [0, 0.1) is 22.7 Å². The predicted molar refractivity (Wildman–Crippen MR) is 74.3 cm³/mol. The SMILES string of the molecule is CC1(C)CCC[C@@]2(C)[C@@H]1CC[C@](C)(O)[C@H]2CCO. The van der Waals surface area contributed by atoms with Crippen LogP contribution in [-0.2, 0) is 0 Å². The number of aliphatic hydroxyl groups excluding tert-OH is 1. The lowest BCUT2D eigenvalue weighted by molar-refractivity contribution is -0.171. The van der Waals surface area contributed by atoms with Gasteiger partial charge < -0.3 is 10.2 Å². The van der Waals surface area contributed by atoms with Crippen LogP contribution >= 0.6 is 0 Å². The van der Waals surface area contributed by atoms with Gasteiger partial charge in [0.15, 0.2) is 0 Å². The lowest BCUT2D eigenvalue weighted by Crippen LogP contribution is -2.57. The molecule has 0 heterocycles. The van der Waals surface area contributed by atoms with Crippen molar-refractivity contribution in [1.82, 2.24) is 0 Å². The van der Waals surface area contributed by atoms with E-state index in [1.807, 2.05) is 6.92 Å². The molecule has 0 aromatic heterocycles. The summed E-state index contributed by atoms with van der Waals surface area (Å²) in [6, 6.07) is 0. The van der Waals surface area contributed by atoms with Gasteiger partial charge in [0.1, 0.15) is 0 Å². The molecule has 2 heteroatoms. The van der Waals surface area contributed by atoms with Crippen LogP contribution in [0.3, 0.4) is 0 Å². The molecule has 18 heavy (non-hydrogen) atoms. The summed E-state index contributed by atoms with van der Waals surface area (Å²) < 4.78 is 0. The molecule has 0 aromatic rings. The van der Waals surface area contributed by atoms with E-state index in [9.17, 15) is 10.2 Å². The molecule has 0 saturated heterocycles. The minimum atomic E-state index is -0.596. The second-order valence-corrected chi connectivity index (χ2v) is 7.86. The lowest BCUT2D eigenvalue weighted by Gasteiger charge is -2.61. The summed E-state index contributed by atoms with van der Waals surface area (Å²) in [6.45, 7) is 9.34. The Morgan fingerprint density at radius 2 is 1.72 bits per heavy atom. The van der Waals surface area contributed by atoms with E-state index in [2.05, 4.69) is 20.8 Å². The van der Waals surface area contributed by atoms with Crippen molar-refractivity contribution in [1.29, 1.82) is 0 Å². The van der Waals surface area contributed by atoms with E-state index >= 15 is 0 Å². The number of aliphatic hydroxyl groups is 2. The summed E-state index contributed by atoms with van der Waals surface area (Å²) in [5.41, 5.74) is -0.00909. The largest absolute Gasteiger partial charge is 0.396 e. The normalized spacial score (nSPS) is 47.7. The molecule has 0 bridgehead atoms. The molecule has 0 radical (unpaired) electrons. The van der Waals surface area contributed by atoms with Crippen LogP contribution in [0.2, 0.25) is 0 Å². The number of hydrogen-bond acceptors (Lipinski definition) is 2. The Labute approximate surface area is 112 Å². The first-order valence-electron chi connectivity index (χ1n) is 7.57. The molecule has 2 aliphatic rings. The monoisotopic (exact) mass is 254 g/mol. The van der Waals surface area contributed by atoms with E-state index in [1.165, 1.54) is 19.3 Å². The lowest BCUT2D eigenvalue weighted by atomic mass is 9.45. The highest BCUT2D eigenvalue weighted by molar-refractivity contribution is 5.07. The van der Waals surface area contributed by atoms with Crippen molar-refractivity contribution in [2.24, 2.45) is 22.7 Å². The fourth-order valence-corrected chi connectivity index (χ4v) is 5.39. The molecular formula is C16H30O2. The van der Waals surface area contributed by atoms with E-state index < -0.39 is 5.60 Å². The molecule has 2 rings (SSSR count). The van der Waals surface area contributed by atoms with Gasteiger partial charge in [0.25, 0.3) is 0 Å². The van der Waals surface area contributed by atoms with Gasteiger partial charge in [0.05, 0.1) is 5.60 Å². The Morgan fingerprint density at radius 1 is 1.06 bits per heavy atom. The molecule has 0 unspecified atom stereocenters. The van der Waals surface area contributed by atoms with E-state index in [-0.39, 0.29) is 17.9 Å². The van der Waals surface area contributed by atoms with Crippen molar-refractivity contribution < 1.29 is 10.2 Å². The first-order valence-corrected chi connectivity index (χ1v) is 7.57. The molecule has 2 nitrogen and oxygen atoms in total. The van der Waals surface area contributed by atoms with Crippen LogP contribution in [0.1, 0.15) is 66.2 Å². The Balaban J connectivity index is 2.35. The van der Waals surface area contributed by atoms with Gasteiger partial charge in [-0.25, -0.2) is 0 Å².